The number of carbonyl (C=O) groups excluding carboxylic acids is 2. The number of anilines is 1. The second kappa shape index (κ2) is 10.9. The Morgan fingerprint density at radius 2 is 1.79 bits per heavy atom. The minimum absolute atomic E-state index is 0.106. The molecule has 3 atom stereocenters. The topological polar surface area (TPSA) is 105 Å². The van der Waals surface area contributed by atoms with Crippen LogP contribution in [0.5, 0.6) is 5.75 Å². The third-order valence-corrected chi connectivity index (χ3v) is 9.09. The van der Waals surface area contributed by atoms with E-state index in [1.165, 1.54) is 42.5 Å². The maximum Gasteiger partial charge on any atom is 0.348 e. The van der Waals surface area contributed by atoms with Gasteiger partial charge in [0, 0.05) is 28.6 Å². The van der Waals surface area contributed by atoms with Crippen LogP contribution in [-0.4, -0.2) is 28.5 Å². The van der Waals surface area contributed by atoms with E-state index >= 15 is 4.39 Å². The number of hydrogen-bond acceptors (Lipinski definition) is 4. The first-order valence-electron chi connectivity index (χ1n) is 13.5. The Morgan fingerprint density at radius 1 is 1.07 bits per heavy atom. The van der Waals surface area contributed by atoms with Crippen LogP contribution in [0.15, 0.2) is 48.5 Å². The maximum atomic E-state index is 15.1. The second-order valence-electron chi connectivity index (χ2n) is 10.7. The van der Waals surface area contributed by atoms with E-state index in [0.717, 1.165) is 6.07 Å². The van der Waals surface area contributed by atoms with Crippen LogP contribution in [0.3, 0.4) is 0 Å². The van der Waals surface area contributed by atoms with Crippen molar-refractivity contribution in [2.24, 2.45) is 0 Å². The van der Waals surface area contributed by atoms with E-state index in [-0.39, 0.29) is 51.9 Å². The highest BCUT2D eigenvalue weighted by Crippen LogP contribution is 2.59. The van der Waals surface area contributed by atoms with Crippen LogP contribution >= 0.6 is 23.2 Å². The summed E-state index contributed by atoms with van der Waals surface area (Å²) in [6, 6.07) is 9.85. The minimum Gasteiger partial charge on any atom is -0.478 e. The van der Waals surface area contributed by atoms with Gasteiger partial charge in [0.1, 0.15) is 22.8 Å². The van der Waals surface area contributed by atoms with Gasteiger partial charge in [-0.2, -0.15) is 0 Å². The van der Waals surface area contributed by atoms with E-state index in [0.29, 0.717) is 11.1 Å². The number of carboxylic acid groups (broad SMARTS) is 1. The lowest BCUT2D eigenvalue weighted by Crippen LogP contribution is -2.57. The van der Waals surface area contributed by atoms with Gasteiger partial charge in [-0.05, 0) is 78.9 Å². The number of fused-ring (bicyclic) bond motifs is 2. The lowest BCUT2D eigenvalue weighted by molar-refractivity contribution is -0.156. The molecule has 2 aliphatic rings. The van der Waals surface area contributed by atoms with E-state index in [9.17, 15) is 23.9 Å². The van der Waals surface area contributed by atoms with Crippen LogP contribution in [0.4, 0.5) is 14.5 Å². The Kier molecular flexibility index (Phi) is 7.70. The summed E-state index contributed by atoms with van der Waals surface area (Å²) in [5, 5.41) is 15.8. The first-order chi connectivity index (χ1) is 19.9. The normalized spacial score (nSPS) is 21.6. The Hall–Kier alpha value is -3.69. The van der Waals surface area contributed by atoms with Gasteiger partial charge in [-0.1, -0.05) is 43.1 Å². The van der Waals surface area contributed by atoms with Crippen LogP contribution in [-0.2, 0) is 19.8 Å². The van der Waals surface area contributed by atoms with Gasteiger partial charge >= 0.3 is 5.97 Å². The number of piperidine rings is 1. The Morgan fingerprint density at radius 3 is 2.45 bits per heavy atom. The molecule has 0 aromatic heterocycles. The van der Waals surface area contributed by atoms with Crippen molar-refractivity contribution in [2.45, 2.75) is 63.0 Å². The molecule has 2 heterocycles. The number of benzene rings is 3. The molecule has 1 saturated heterocycles. The molecule has 3 aromatic carbocycles. The van der Waals surface area contributed by atoms with Gasteiger partial charge in [-0.15, -0.1) is 0 Å². The van der Waals surface area contributed by atoms with Gasteiger partial charge in [-0.25, -0.2) is 13.6 Å². The van der Waals surface area contributed by atoms with Gasteiger partial charge in [0.2, 0.25) is 17.4 Å². The van der Waals surface area contributed by atoms with Gasteiger partial charge in [0.05, 0.1) is 11.1 Å². The predicted molar refractivity (Wildman–Crippen MR) is 154 cm³/mol. The first kappa shape index (κ1) is 29.8. The van der Waals surface area contributed by atoms with E-state index in [1.807, 2.05) is 0 Å². The summed E-state index contributed by atoms with van der Waals surface area (Å²) in [5.74, 6) is -4.55. The molecule has 5 rings (SSSR count). The summed E-state index contributed by atoms with van der Waals surface area (Å²) < 4.78 is 36.0. The van der Waals surface area contributed by atoms with Gasteiger partial charge < -0.3 is 20.5 Å². The number of carboxylic acids is 1. The summed E-state index contributed by atoms with van der Waals surface area (Å²) in [5.41, 5.74) is -1.73. The van der Waals surface area contributed by atoms with Crippen molar-refractivity contribution in [2.75, 3.05) is 5.32 Å². The van der Waals surface area contributed by atoms with Crippen LogP contribution < -0.4 is 15.4 Å². The van der Waals surface area contributed by atoms with Gasteiger partial charge in [0.25, 0.3) is 0 Å². The van der Waals surface area contributed by atoms with E-state index in [4.69, 9.17) is 27.9 Å². The summed E-state index contributed by atoms with van der Waals surface area (Å²) in [4.78, 5) is 40.1. The monoisotopic (exact) mass is 616 g/mol. The van der Waals surface area contributed by atoms with Crippen molar-refractivity contribution in [3.05, 3.63) is 92.5 Å². The molecule has 1 spiro atoms. The Bertz CT molecular complexity index is 1630. The zero-order valence-corrected chi connectivity index (χ0v) is 24.5. The summed E-state index contributed by atoms with van der Waals surface area (Å²) >= 11 is 12.5. The average molecular weight is 617 g/mol. The van der Waals surface area contributed by atoms with Crippen LogP contribution in [0.25, 0.3) is 0 Å². The fraction of sp³-hybridized carbons (Fsp3) is 0.323. The summed E-state index contributed by atoms with van der Waals surface area (Å²) in [6.07, 6.45) is -0.0261. The lowest BCUT2D eigenvalue weighted by atomic mass is 9.59. The molecule has 2 aliphatic heterocycles. The molecular formula is C31H28Cl2F2N2O5. The van der Waals surface area contributed by atoms with Crippen LogP contribution in [0.2, 0.25) is 10.0 Å². The third-order valence-electron chi connectivity index (χ3n) is 8.57. The highest BCUT2D eigenvalue weighted by atomic mass is 35.5. The smallest absolute Gasteiger partial charge is 0.348 e. The van der Waals surface area contributed by atoms with Crippen molar-refractivity contribution in [1.29, 1.82) is 0 Å². The average Bonchev–Trinajstić information content (AvgIpc) is 3.21. The molecule has 0 saturated carbocycles. The zero-order chi connectivity index (χ0) is 30.6. The number of amides is 2. The molecule has 220 valence electrons. The number of ether oxygens (including phenoxy) is 1. The third kappa shape index (κ3) is 4.59. The van der Waals surface area contributed by atoms with Crippen LogP contribution in [0, 0.1) is 18.6 Å². The van der Waals surface area contributed by atoms with Gasteiger partial charge in [-0.3, -0.25) is 9.59 Å². The molecular weight excluding hydrogens is 589 g/mol. The standard InChI is InChI=1S/C31H28Cl2F2N2O5/c1-4-30(5-2,29(40)41)42-25-9-7-16(32)10-19(25)20-13-26(38)37-27(18-11-17(34)8-6-15(18)3)31(20)21-12-23(35)22(33)14-24(21)36-28(31)39/h6-12,14,20,27H,4-5,13H2,1-3H3,(H,36,39)(H,37,38)(H,40,41). The SMILES string of the molecule is CCC(CC)(Oc1ccc(Cl)cc1C1CC(=O)NC(c2cc(F)ccc2C)C12C(=O)Nc1cc(Cl)c(F)cc12)C(=O)O. The molecule has 1 fully saturated rings. The van der Waals surface area contributed by atoms with E-state index < -0.39 is 52.4 Å². The van der Waals surface area contributed by atoms with Crippen molar-refractivity contribution in [1.82, 2.24) is 5.32 Å². The molecule has 3 N–H and O–H groups in total. The fourth-order valence-corrected chi connectivity index (χ4v) is 6.63. The predicted octanol–water partition coefficient (Wildman–Crippen LogP) is 6.84. The molecule has 0 radical (unpaired) electrons. The molecule has 11 heteroatoms. The van der Waals surface area contributed by atoms with Crippen molar-refractivity contribution >= 4 is 46.7 Å². The number of rotatable bonds is 7. The van der Waals surface area contributed by atoms with Crippen molar-refractivity contribution in [3.63, 3.8) is 0 Å². The number of nitrogens with one attached hydrogen (secondary N) is 2. The number of hydrogen-bond donors (Lipinski definition) is 3. The molecule has 42 heavy (non-hydrogen) atoms. The Balaban J connectivity index is 1.84. The molecule has 0 bridgehead atoms. The molecule has 7 nitrogen and oxygen atoms in total. The summed E-state index contributed by atoms with van der Waals surface area (Å²) in [7, 11) is 0. The quantitative estimate of drug-likeness (QED) is 0.270. The number of aryl methyl sites for hydroxylation is 1. The molecule has 3 unspecified atom stereocenters. The van der Waals surface area contributed by atoms with Crippen molar-refractivity contribution in [3.8, 4) is 5.75 Å². The fourth-order valence-electron chi connectivity index (χ4n) is 6.29. The van der Waals surface area contributed by atoms with E-state index in [2.05, 4.69) is 10.6 Å². The highest BCUT2D eigenvalue weighted by molar-refractivity contribution is 6.31. The lowest BCUT2D eigenvalue weighted by Gasteiger charge is -2.47. The summed E-state index contributed by atoms with van der Waals surface area (Å²) in [6.45, 7) is 5.07. The number of aliphatic carboxylic acids is 1. The number of halogens is 4. The molecule has 0 aliphatic carbocycles. The second-order valence-corrected chi connectivity index (χ2v) is 11.5. The zero-order valence-electron chi connectivity index (χ0n) is 23.0. The number of carbonyl (C=O) groups is 3. The maximum absolute atomic E-state index is 15.1. The molecule has 2 amide bonds. The molecule has 3 aromatic rings. The Labute approximate surface area is 251 Å². The minimum atomic E-state index is -1.74. The van der Waals surface area contributed by atoms with E-state index in [1.54, 1.807) is 20.8 Å². The van der Waals surface area contributed by atoms with Crippen molar-refractivity contribution < 1.29 is 33.0 Å². The van der Waals surface area contributed by atoms with Gasteiger partial charge in [0.15, 0.2) is 0 Å². The first-order valence-corrected chi connectivity index (χ1v) is 14.2. The largest absolute Gasteiger partial charge is 0.478 e. The highest BCUT2D eigenvalue weighted by Gasteiger charge is 2.62. The van der Waals surface area contributed by atoms with Crippen LogP contribution in [0.1, 0.15) is 67.3 Å².